The number of H-pyrrole nitrogens is 1. The minimum atomic E-state index is -0.306. The number of unbranched alkanes of at least 4 members (excludes halogenated alkanes) is 1. The first kappa shape index (κ1) is 25.0. The summed E-state index contributed by atoms with van der Waals surface area (Å²) in [5, 5.41) is 17.5. The molecule has 0 saturated carbocycles. The number of benzene rings is 2. The largest absolute Gasteiger partial charge is 0.465 e. The molecule has 0 atom stereocenters. The summed E-state index contributed by atoms with van der Waals surface area (Å²) >= 11 is 0. The number of ether oxygens (including phenoxy) is 1. The zero-order valence-electron chi connectivity index (χ0n) is 20.9. The maximum Gasteiger partial charge on any atom is 0.325 e. The lowest BCUT2D eigenvalue weighted by atomic mass is 9.96. The predicted octanol–water partition coefficient (Wildman–Crippen LogP) is 4.54. The van der Waals surface area contributed by atoms with Gasteiger partial charge in [-0.3, -0.25) is 4.79 Å². The summed E-state index contributed by atoms with van der Waals surface area (Å²) in [6.07, 6.45) is 3.62. The van der Waals surface area contributed by atoms with Crippen molar-refractivity contribution >= 4 is 11.8 Å². The zero-order valence-corrected chi connectivity index (χ0v) is 20.9. The van der Waals surface area contributed by atoms with Gasteiger partial charge < -0.3 is 10.1 Å². The van der Waals surface area contributed by atoms with Crippen LogP contribution in [0.15, 0.2) is 48.5 Å². The lowest BCUT2D eigenvalue weighted by Gasteiger charge is -2.16. The molecule has 0 aliphatic rings. The highest BCUT2D eigenvalue weighted by Gasteiger charge is 2.16. The summed E-state index contributed by atoms with van der Waals surface area (Å²) in [7, 11) is 0. The molecule has 0 aliphatic carbocycles. The molecule has 4 rings (SSSR count). The van der Waals surface area contributed by atoms with Crippen LogP contribution in [-0.4, -0.2) is 49.7 Å². The van der Waals surface area contributed by atoms with Crippen molar-refractivity contribution in [3.63, 3.8) is 0 Å². The van der Waals surface area contributed by atoms with Crippen molar-refractivity contribution in [3.8, 4) is 22.5 Å². The number of esters is 1. The van der Waals surface area contributed by atoms with Crippen LogP contribution in [0.5, 0.6) is 0 Å². The van der Waals surface area contributed by atoms with Gasteiger partial charge in [0.15, 0.2) is 5.82 Å². The molecule has 4 aromatic rings. The Hall–Kier alpha value is -4.14. The van der Waals surface area contributed by atoms with Gasteiger partial charge in [0.1, 0.15) is 18.2 Å². The maximum atomic E-state index is 12.0. The minimum Gasteiger partial charge on any atom is -0.465 e. The van der Waals surface area contributed by atoms with Crippen LogP contribution in [0, 0.1) is 6.92 Å². The molecule has 0 amide bonds. The molecule has 0 bridgehead atoms. The summed E-state index contributed by atoms with van der Waals surface area (Å²) in [6.45, 7) is 6.26. The number of nitrogens with zero attached hydrogens (tertiary/aromatic N) is 5. The fourth-order valence-electron chi connectivity index (χ4n) is 4.13. The zero-order chi connectivity index (χ0) is 25.3. The highest BCUT2D eigenvalue weighted by Crippen LogP contribution is 2.30. The Morgan fingerprint density at radius 3 is 2.50 bits per heavy atom. The average Bonchev–Trinajstić information content (AvgIpc) is 3.43. The van der Waals surface area contributed by atoms with E-state index in [2.05, 4.69) is 68.2 Å². The van der Waals surface area contributed by atoms with E-state index in [1.165, 1.54) is 0 Å². The lowest BCUT2D eigenvalue weighted by Crippen LogP contribution is -2.19. The molecule has 0 radical (unpaired) electrons. The van der Waals surface area contributed by atoms with Gasteiger partial charge in [0.2, 0.25) is 0 Å². The summed E-state index contributed by atoms with van der Waals surface area (Å²) in [6, 6.07) is 16.5. The normalized spacial score (nSPS) is 10.9. The van der Waals surface area contributed by atoms with Gasteiger partial charge in [-0.1, -0.05) is 61.9 Å². The van der Waals surface area contributed by atoms with Gasteiger partial charge in [-0.25, -0.2) is 15.1 Å². The fraction of sp³-hybridized carbons (Fsp3) is 0.333. The van der Waals surface area contributed by atoms with Crippen LogP contribution in [0.1, 0.15) is 49.3 Å². The third-order valence-corrected chi connectivity index (χ3v) is 5.85. The highest BCUT2D eigenvalue weighted by atomic mass is 16.5. The van der Waals surface area contributed by atoms with Crippen molar-refractivity contribution < 1.29 is 9.53 Å². The van der Waals surface area contributed by atoms with Crippen LogP contribution in [0.2, 0.25) is 0 Å². The summed E-state index contributed by atoms with van der Waals surface area (Å²) in [4.78, 5) is 21.3. The number of anilines is 1. The van der Waals surface area contributed by atoms with Crippen LogP contribution in [0.3, 0.4) is 0 Å². The highest BCUT2D eigenvalue weighted by molar-refractivity contribution is 5.80. The van der Waals surface area contributed by atoms with E-state index < -0.39 is 0 Å². The second kappa shape index (κ2) is 12.0. The van der Waals surface area contributed by atoms with Gasteiger partial charge >= 0.3 is 5.97 Å². The van der Waals surface area contributed by atoms with E-state index in [1.54, 1.807) is 6.92 Å². The number of hydrogen-bond acceptors (Lipinski definition) is 8. The number of rotatable bonds is 11. The Morgan fingerprint density at radius 1 is 1.03 bits per heavy atom. The molecule has 2 N–H and O–H groups in total. The molecule has 0 fully saturated rings. The van der Waals surface area contributed by atoms with Crippen LogP contribution >= 0.6 is 0 Å². The van der Waals surface area contributed by atoms with Gasteiger partial charge in [0.05, 0.1) is 6.61 Å². The van der Waals surface area contributed by atoms with E-state index in [1.807, 2.05) is 25.1 Å². The van der Waals surface area contributed by atoms with E-state index in [0.717, 1.165) is 52.8 Å². The molecule has 0 saturated heterocycles. The predicted molar refractivity (Wildman–Crippen MR) is 138 cm³/mol. The topological polar surface area (TPSA) is 119 Å². The van der Waals surface area contributed by atoms with Crippen LogP contribution in [-0.2, 0) is 22.4 Å². The summed E-state index contributed by atoms with van der Waals surface area (Å²) < 4.78 is 5.08. The molecule has 2 heterocycles. The Labute approximate surface area is 210 Å². The number of nitrogens with one attached hydrogen (secondary N) is 2. The number of tetrazole rings is 1. The quantitative estimate of drug-likeness (QED) is 0.297. The van der Waals surface area contributed by atoms with E-state index in [9.17, 15) is 4.79 Å². The van der Waals surface area contributed by atoms with Crippen LogP contribution in [0.25, 0.3) is 22.5 Å². The van der Waals surface area contributed by atoms with Crippen LogP contribution < -0.4 is 5.32 Å². The van der Waals surface area contributed by atoms with E-state index in [4.69, 9.17) is 9.72 Å². The number of carbonyl (C=O) groups excluding carboxylic acids is 1. The standard InChI is InChI=1S/C27H31N7O2/c1-4-6-11-24-23(26(30-18(3)29-24)28-17-25(35)36-5-2)16-19-12-14-20(15-13-19)21-9-7-8-10-22(21)27-31-33-34-32-27/h7-10,12-15H,4-6,11,16-17H2,1-3H3,(H,28,29,30)(H,31,32,33,34). The van der Waals surface area contributed by atoms with Gasteiger partial charge in [0.25, 0.3) is 0 Å². The second-order valence-electron chi connectivity index (χ2n) is 8.48. The van der Waals surface area contributed by atoms with Crippen molar-refractivity contribution in [1.29, 1.82) is 0 Å². The van der Waals surface area contributed by atoms with Crippen molar-refractivity contribution in [3.05, 3.63) is 71.2 Å². The number of aromatic nitrogens is 6. The van der Waals surface area contributed by atoms with Gasteiger partial charge in [0, 0.05) is 23.2 Å². The average molecular weight is 486 g/mol. The smallest absolute Gasteiger partial charge is 0.325 e. The van der Waals surface area contributed by atoms with Gasteiger partial charge in [-0.15, -0.1) is 5.10 Å². The SMILES string of the molecule is CCCCc1nc(C)nc(NCC(=O)OCC)c1Cc1ccc(-c2ccccc2-c2nnn[nH]2)cc1. The van der Waals surface area contributed by atoms with E-state index in [-0.39, 0.29) is 12.5 Å². The first-order valence-electron chi connectivity index (χ1n) is 12.3. The minimum absolute atomic E-state index is 0.0662. The molecule has 2 aromatic carbocycles. The van der Waals surface area contributed by atoms with Crippen LogP contribution in [0.4, 0.5) is 5.82 Å². The monoisotopic (exact) mass is 485 g/mol. The van der Waals surface area contributed by atoms with Gasteiger partial charge in [-0.05, 0) is 53.8 Å². The first-order chi connectivity index (χ1) is 17.6. The molecule has 2 aromatic heterocycles. The van der Waals surface area contributed by atoms with E-state index >= 15 is 0 Å². The van der Waals surface area contributed by atoms with Crippen molar-refractivity contribution in [1.82, 2.24) is 30.6 Å². The van der Waals surface area contributed by atoms with Gasteiger partial charge in [-0.2, -0.15) is 0 Å². The molecule has 36 heavy (non-hydrogen) atoms. The lowest BCUT2D eigenvalue weighted by molar-refractivity contribution is -0.140. The summed E-state index contributed by atoms with van der Waals surface area (Å²) in [5.41, 5.74) is 6.21. The van der Waals surface area contributed by atoms with E-state index in [0.29, 0.717) is 30.5 Å². The van der Waals surface area contributed by atoms with Crippen molar-refractivity contribution in [2.24, 2.45) is 0 Å². The molecular formula is C27H31N7O2. The number of aryl methyl sites for hydroxylation is 2. The molecule has 186 valence electrons. The Morgan fingerprint density at radius 2 is 1.81 bits per heavy atom. The molecule has 9 nitrogen and oxygen atoms in total. The number of hydrogen-bond donors (Lipinski definition) is 2. The fourth-order valence-corrected chi connectivity index (χ4v) is 4.13. The third kappa shape index (κ3) is 6.10. The number of aromatic amines is 1. The number of carbonyl (C=O) groups is 1. The Kier molecular flexibility index (Phi) is 8.33. The summed E-state index contributed by atoms with van der Waals surface area (Å²) in [5.74, 6) is 1.70. The molecule has 0 spiro atoms. The van der Waals surface area contributed by atoms with Crippen molar-refractivity contribution in [2.75, 3.05) is 18.5 Å². The Bertz CT molecular complexity index is 1290. The second-order valence-corrected chi connectivity index (χ2v) is 8.48. The Balaban J connectivity index is 1.62. The molecule has 0 unspecified atom stereocenters. The molecule has 9 heteroatoms. The first-order valence-corrected chi connectivity index (χ1v) is 12.3. The maximum absolute atomic E-state index is 12.0. The van der Waals surface area contributed by atoms with Crippen molar-refractivity contribution in [2.45, 2.75) is 46.5 Å². The molecule has 0 aliphatic heterocycles. The third-order valence-electron chi connectivity index (χ3n) is 5.85. The molecular weight excluding hydrogens is 454 g/mol.